The predicted octanol–water partition coefficient (Wildman–Crippen LogP) is 2.68. The van der Waals surface area contributed by atoms with Crippen LogP contribution in [0, 0.1) is 17.1 Å². The lowest BCUT2D eigenvalue weighted by molar-refractivity contribution is 0.0606. The van der Waals surface area contributed by atoms with Crippen LogP contribution in [0.3, 0.4) is 0 Å². The van der Waals surface area contributed by atoms with Crippen LogP contribution in [0.15, 0.2) is 24.4 Å². The Morgan fingerprint density at radius 3 is 3.05 bits per heavy atom. The molecule has 0 radical (unpaired) electrons. The number of rotatable bonds is 3. The Balaban J connectivity index is 2.20. The quantitative estimate of drug-likeness (QED) is 0.873. The minimum absolute atomic E-state index is 0.0604. The number of aromatic nitrogens is 1. The van der Waals surface area contributed by atoms with Crippen LogP contribution in [0.25, 0.3) is 0 Å². The Morgan fingerprint density at radius 1 is 1.58 bits per heavy atom. The number of halogens is 1. The van der Waals surface area contributed by atoms with E-state index in [2.05, 4.69) is 15.0 Å². The van der Waals surface area contributed by atoms with E-state index in [0.717, 1.165) is 11.3 Å². The van der Waals surface area contributed by atoms with Gasteiger partial charge in [-0.2, -0.15) is 5.26 Å². The monoisotopic (exact) mass is 277 g/mol. The third kappa shape index (κ3) is 2.86. The number of hydrogen-bond donors (Lipinski definition) is 1. The molecule has 0 spiro atoms. The molecule has 7 heteroatoms. The number of nitrogens with one attached hydrogen (secondary N) is 1. The fourth-order valence-corrected chi connectivity index (χ4v) is 2.09. The molecule has 1 heterocycles. The van der Waals surface area contributed by atoms with Gasteiger partial charge in [0.2, 0.25) is 0 Å². The van der Waals surface area contributed by atoms with E-state index in [-0.39, 0.29) is 5.56 Å². The Labute approximate surface area is 112 Å². The Morgan fingerprint density at radius 2 is 2.37 bits per heavy atom. The van der Waals surface area contributed by atoms with Crippen molar-refractivity contribution in [2.75, 3.05) is 12.4 Å². The summed E-state index contributed by atoms with van der Waals surface area (Å²) < 4.78 is 17.7. The average molecular weight is 277 g/mol. The average Bonchev–Trinajstić information content (AvgIpc) is 2.88. The summed E-state index contributed by atoms with van der Waals surface area (Å²) in [7, 11) is 1.29. The molecule has 0 saturated carbocycles. The summed E-state index contributed by atoms with van der Waals surface area (Å²) in [5.74, 6) is -1.05. The molecule has 19 heavy (non-hydrogen) atoms. The van der Waals surface area contributed by atoms with Crippen molar-refractivity contribution in [3.63, 3.8) is 0 Å². The molecule has 0 amide bonds. The third-order valence-electron chi connectivity index (χ3n) is 2.23. The maximum atomic E-state index is 13.1. The van der Waals surface area contributed by atoms with Gasteiger partial charge in [0.1, 0.15) is 16.8 Å². The molecule has 2 rings (SSSR count). The van der Waals surface area contributed by atoms with Crippen LogP contribution < -0.4 is 5.32 Å². The first-order valence-electron chi connectivity index (χ1n) is 5.15. The molecule has 0 atom stereocenters. The minimum Gasteiger partial charge on any atom is -0.465 e. The van der Waals surface area contributed by atoms with Gasteiger partial charge < -0.3 is 10.1 Å². The van der Waals surface area contributed by atoms with Gasteiger partial charge in [-0.05, 0) is 18.2 Å². The van der Waals surface area contributed by atoms with Crippen molar-refractivity contribution in [3.05, 3.63) is 40.7 Å². The molecule has 0 fully saturated rings. The van der Waals surface area contributed by atoms with Crippen molar-refractivity contribution in [3.8, 4) is 6.07 Å². The lowest BCUT2D eigenvalue weighted by Crippen LogP contribution is -1.96. The number of methoxy groups -OCH3 is 1. The second kappa shape index (κ2) is 5.46. The third-order valence-corrected chi connectivity index (χ3v) is 3.12. The molecular formula is C12H8FN3O2S. The van der Waals surface area contributed by atoms with Gasteiger partial charge in [-0.1, -0.05) is 11.3 Å². The first-order chi connectivity index (χ1) is 9.13. The van der Waals surface area contributed by atoms with Crippen LogP contribution in [-0.2, 0) is 4.74 Å². The number of hydrogen-bond acceptors (Lipinski definition) is 6. The molecular weight excluding hydrogens is 269 g/mol. The summed E-state index contributed by atoms with van der Waals surface area (Å²) in [6, 6.07) is 5.79. The van der Waals surface area contributed by atoms with Gasteiger partial charge in [-0.15, -0.1) is 0 Å². The highest BCUT2D eigenvalue weighted by atomic mass is 32.1. The minimum atomic E-state index is -0.581. The molecule has 0 saturated heterocycles. The van der Waals surface area contributed by atoms with E-state index in [1.807, 2.05) is 0 Å². The standard InChI is InChI=1S/C12H8FN3O2S/c1-18-11(17)10-6-15-12(19-10)16-8-2-3-9(13)7(4-8)5-14/h2-4,6H,1H3,(H,15,16). The van der Waals surface area contributed by atoms with E-state index in [9.17, 15) is 9.18 Å². The summed E-state index contributed by atoms with van der Waals surface area (Å²) in [4.78, 5) is 15.6. The van der Waals surface area contributed by atoms with Crippen molar-refractivity contribution in [2.45, 2.75) is 0 Å². The van der Waals surface area contributed by atoms with Crippen molar-refractivity contribution < 1.29 is 13.9 Å². The van der Waals surface area contributed by atoms with Gasteiger partial charge in [-0.25, -0.2) is 14.2 Å². The smallest absolute Gasteiger partial charge is 0.349 e. The maximum absolute atomic E-state index is 13.1. The van der Waals surface area contributed by atoms with Crippen molar-refractivity contribution in [1.82, 2.24) is 4.98 Å². The number of carbonyl (C=O) groups is 1. The Hall–Kier alpha value is -2.46. The van der Waals surface area contributed by atoms with Crippen LogP contribution in [0.2, 0.25) is 0 Å². The lowest BCUT2D eigenvalue weighted by Gasteiger charge is -2.02. The highest BCUT2D eigenvalue weighted by Gasteiger charge is 2.11. The lowest BCUT2D eigenvalue weighted by atomic mass is 10.2. The van der Waals surface area contributed by atoms with E-state index in [4.69, 9.17) is 5.26 Å². The van der Waals surface area contributed by atoms with Gasteiger partial charge in [0.25, 0.3) is 0 Å². The topological polar surface area (TPSA) is 75.0 Å². The van der Waals surface area contributed by atoms with E-state index in [1.165, 1.54) is 31.5 Å². The fraction of sp³-hybridized carbons (Fsp3) is 0.0833. The largest absolute Gasteiger partial charge is 0.465 e. The zero-order chi connectivity index (χ0) is 13.8. The molecule has 96 valence electrons. The van der Waals surface area contributed by atoms with Crippen molar-refractivity contribution >= 4 is 28.1 Å². The Kier molecular flexibility index (Phi) is 3.73. The van der Waals surface area contributed by atoms with Crippen molar-refractivity contribution in [2.24, 2.45) is 0 Å². The van der Waals surface area contributed by atoms with Crippen LogP contribution in [0.1, 0.15) is 15.2 Å². The summed E-state index contributed by atoms with van der Waals surface area (Å²) in [6.45, 7) is 0. The number of carbonyl (C=O) groups excluding carboxylic acids is 1. The van der Waals surface area contributed by atoms with E-state index in [0.29, 0.717) is 15.7 Å². The molecule has 1 aromatic carbocycles. The molecule has 0 aliphatic heterocycles. The first kappa shape index (κ1) is 13.0. The Bertz CT molecular complexity index is 663. The van der Waals surface area contributed by atoms with Gasteiger partial charge in [0.05, 0.1) is 18.9 Å². The van der Waals surface area contributed by atoms with E-state index >= 15 is 0 Å². The molecule has 0 unspecified atom stereocenters. The van der Waals surface area contributed by atoms with Crippen LogP contribution in [-0.4, -0.2) is 18.1 Å². The van der Waals surface area contributed by atoms with E-state index < -0.39 is 11.8 Å². The SMILES string of the molecule is COC(=O)c1cnc(Nc2ccc(F)c(C#N)c2)s1. The molecule has 0 bridgehead atoms. The predicted molar refractivity (Wildman–Crippen MR) is 67.9 cm³/mol. The molecule has 5 nitrogen and oxygen atoms in total. The van der Waals surface area contributed by atoms with Gasteiger partial charge >= 0.3 is 5.97 Å². The summed E-state index contributed by atoms with van der Waals surface area (Å²) >= 11 is 1.10. The number of nitriles is 1. The van der Waals surface area contributed by atoms with Crippen LogP contribution in [0.4, 0.5) is 15.2 Å². The summed E-state index contributed by atoms with van der Waals surface area (Å²) in [6.07, 6.45) is 1.38. The number of anilines is 2. The summed E-state index contributed by atoms with van der Waals surface area (Å²) in [5.41, 5.74) is 0.457. The molecule has 0 aliphatic rings. The fourth-order valence-electron chi connectivity index (χ4n) is 1.34. The first-order valence-corrected chi connectivity index (χ1v) is 5.96. The van der Waals surface area contributed by atoms with Gasteiger partial charge in [0.15, 0.2) is 5.13 Å². The number of esters is 1. The summed E-state index contributed by atoms with van der Waals surface area (Å²) in [5, 5.41) is 12.1. The number of nitrogens with zero attached hydrogens (tertiary/aromatic N) is 2. The number of ether oxygens (including phenoxy) is 1. The highest BCUT2D eigenvalue weighted by Crippen LogP contribution is 2.24. The molecule has 0 aliphatic carbocycles. The number of benzene rings is 1. The number of thiazole rings is 1. The van der Waals surface area contributed by atoms with Gasteiger partial charge in [0, 0.05) is 5.69 Å². The zero-order valence-corrected chi connectivity index (χ0v) is 10.6. The molecule has 2 aromatic rings. The molecule has 1 aromatic heterocycles. The highest BCUT2D eigenvalue weighted by molar-refractivity contribution is 7.17. The van der Waals surface area contributed by atoms with Crippen LogP contribution >= 0.6 is 11.3 Å². The zero-order valence-electron chi connectivity index (χ0n) is 9.81. The normalized spacial score (nSPS) is 9.74. The van der Waals surface area contributed by atoms with Gasteiger partial charge in [-0.3, -0.25) is 0 Å². The molecule has 1 N–H and O–H groups in total. The maximum Gasteiger partial charge on any atom is 0.349 e. The van der Waals surface area contributed by atoms with Crippen LogP contribution in [0.5, 0.6) is 0 Å². The van der Waals surface area contributed by atoms with Crippen molar-refractivity contribution in [1.29, 1.82) is 5.26 Å². The van der Waals surface area contributed by atoms with E-state index in [1.54, 1.807) is 6.07 Å². The second-order valence-electron chi connectivity index (χ2n) is 3.45. The second-order valence-corrected chi connectivity index (χ2v) is 4.48.